The lowest BCUT2D eigenvalue weighted by molar-refractivity contribution is 0.0975. The maximum Gasteiger partial charge on any atom is 0.163 e. The van der Waals surface area contributed by atoms with Crippen molar-refractivity contribution in [2.45, 2.75) is 13.3 Å². The largest absolute Gasteiger partial charge is 0.294 e. The van der Waals surface area contributed by atoms with Crippen LogP contribution in [0.3, 0.4) is 0 Å². The van der Waals surface area contributed by atoms with Gasteiger partial charge in [-0.1, -0.05) is 61.1 Å². The zero-order valence-electron chi connectivity index (χ0n) is 7.87. The van der Waals surface area contributed by atoms with Crippen LogP contribution in [0.2, 0.25) is 0 Å². The summed E-state index contributed by atoms with van der Waals surface area (Å²) < 4.78 is 0.370. The summed E-state index contributed by atoms with van der Waals surface area (Å²) in [5, 5.41) is 0. The Kier molecular flexibility index (Phi) is 4.23. The zero-order chi connectivity index (χ0) is 10.6. The standard InChI is InChI=1S/C11H11ClOS/c1-8(11(12)14)7-10(13)9-5-3-2-4-6-9/h2-6,8H,7H2,1H3. The predicted molar refractivity (Wildman–Crippen MR) is 63.0 cm³/mol. The van der Waals surface area contributed by atoms with Crippen LogP contribution in [0.25, 0.3) is 0 Å². The summed E-state index contributed by atoms with van der Waals surface area (Å²) in [6, 6.07) is 9.17. The van der Waals surface area contributed by atoms with Crippen LogP contribution < -0.4 is 0 Å². The van der Waals surface area contributed by atoms with Crippen molar-refractivity contribution in [3.63, 3.8) is 0 Å². The minimum atomic E-state index is -0.0422. The van der Waals surface area contributed by atoms with E-state index in [-0.39, 0.29) is 11.7 Å². The molecule has 0 spiro atoms. The van der Waals surface area contributed by atoms with Gasteiger partial charge in [-0.2, -0.15) is 0 Å². The minimum Gasteiger partial charge on any atom is -0.294 e. The van der Waals surface area contributed by atoms with E-state index in [4.69, 9.17) is 23.8 Å². The molecule has 0 N–H and O–H groups in total. The molecule has 0 aromatic heterocycles. The van der Waals surface area contributed by atoms with Crippen LogP contribution in [-0.2, 0) is 0 Å². The molecule has 74 valence electrons. The van der Waals surface area contributed by atoms with Gasteiger partial charge in [0, 0.05) is 17.9 Å². The maximum atomic E-state index is 11.6. The number of ketones is 1. The number of rotatable bonds is 4. The fourth-order valence-electron chi connectivity index (χ4n) is 1.10. The Bertz CT molecular complexity index is 334. The van der Waals surface area contributed by atoms with Gasteiger partial charge in [0.1, 0.15) is 0 Å². The number of carbonyl (C=O) groups excluding carboxylic acids is 1. The van der Waals surface area contributed by atoms with Gasteiger partial charge in [-0.15, -0.1) is 0 Å². The number of hydrogen-bond donors (Lipinski definition) is 0. The summed E-state index contributed by atoms with van der Waals surface area (Å²) in [4.78, 5) is 11.6. The summed E-state index contributed by atoms with van der Waals surface area (Å²) >= 11 is 10.4. The molecule has 14 heavy (non-hydrogen) atoms. The molecule has 0 bridgehead atoms. The lowest BCUT2D eigenvalue weighted by atomic mass is 10.0. The molecule has 1 aromatic rings. The van der Waals surface area contributed by atoms with E-state index in [0.717, 1.165) is 0 Å². The first kappa shape index (κ1) is 11.3. The average molecular weight is 227 g/mol. The lowest BCUT2D eigenvalue weighted by Crippen LogP contribution is -2.09. The molecule has 3 heteroatoms. The van der Waals surface area contributed by atoms with E-state index in [1.807, 2.05) is 25.1 Å². The summed E-state index contributed by atoms with van der Waals surface area (Å²) in [6.07, 6.45) is 0.381. The molecular formula is C11H11ClOS. The van der Waals surface area contributed by atoms with Crippen molar-refractivity contribution in [3.8, 4) is 0 Å². The van der Waals surface area contributed by atoms with Crippen LogP contribution in [0, 0.1) is 5.92 Å². The predicted octanol–water partition coefficient (Wildman–Crippen LogP) is 3.46. The van der Waals surface area contributed by atoms with Crippen molar-refractivity contribution in [2.75, 3.05) is 0 Å². The second kappa shape index (κ2) is 5.23. The van der Waals surface area contributed by atoms with E-state index in [0.29, 0.717) is 16.3 Å². The number of thiocarbonyl (C=S) groups is 1. The smallest absolute Gasteiger partial charge is 0.163 e. The van der Waals surface area contributed by atoms with E-state index in [9.17, 15) is 4.79 Å². The Morgan fingerprint density at radius 2 is 2.00 bits per heavy atom. The number of benzene rings is 1. The fraction of sp³-hybridized carbons (Fsp3) is 0.273. The van der Waals surface area contributed by atoms with Gasteiger partial charge in [0.05, 0.1) is 4.32 Å². The van der Waals surface area contributed by atoms with Gasteiger partial charge in [-0.3, -0.25) is 4.79 Å². The first-order valence-electron chi connectivity index (χ1n) is 4.39. The van der Waals surface area contributed by atoms with Gasteiger partial charge in [-0.25, -0.2) is 0 Å². The third-order valence-corrected chi connectivity index (χ3v) is 2.75. The molecule has 1 rings (SSSR count). The summed E-state index contributed by atoms with van der Waals surface area (Å²) in [5.41, 5.74) is 0.715. The monoisotopic (exact) mass is 226 g/mol. The van der Waals surface area contributed by atoms with E-state index in [2.05, 4.69) is 0 Å². The topological polar surface area (TPSA) is 17.1 Å². The highest BCUT2D eigenvalue weighted by atomic mass is 35.5. The molecular weight excluding hydrogens is 216 g/mol. The second-order valence-corrected chi connectivity index (χ2v) is 4.27. The maximum absolute atomic E-state index is 11.6. The number of carbonyl (C=O) groups is 1. The van der Waals surface area contributed by atoms with Crippen LogP contribution in [-0.4, -0.2) is 10.1 Å². The van der Waals surface area contributed by atoms with Gasteiger partial charge in [-0.05, 0) is 0 Å². The molecule has 0 amide bonds. The fourth-order valence-corrected chi connectivity index (χ4v) is 1.26. The van der Waals surface area contributed by atoms with Crippen molar-refractivity contribution in [1.82, 2.24) is 0 Å². The zero-order valence-corrected chi connectivity index (χ0v) is 9.44. The Balaban J connectivity index is 2.64. The highest BCUT2D eigenvalue weighted by Gasteiger charge is 2.13. The van der Waals surface area contributed by atoms with E-state index in [1.165, 1.54) is 0 Å². The Morgan fingerprint density at radius 1 is 1.43 bits per heavy atom. The third kappa shape index (κ3) is 3.20. The molecule has 1 aromatic carbocycles. The molecule has 0 radical (unpaired) electrons. The molecule has 0 heterocycles. The third-order valence-electron chi connectivity index (χ3n) is 1.97. The van der Waals surface area contributed by atoms with Crippen LogP contribution in [0.15, 0.2) is 30.3 Å². The van der Waals surface area contributed by atoms with Crippen LogP contribution in [0.4, 0.5) is 0 Å². The average Bonchev–Trinajstić information content (AvgIpc) is 2.19. The quantitative estimate of drug-likeness (QED) is 0.444. The first-order chi connectivity index (χ1) is 6.61. The highest BCUT2D eigenvalue weighted by molar-refractivity contribution is 7.83. The molecule has 1 unspecified atom stereocenters. The van der Waals surface area contributed by atoms with Crippen LogP contribution in [0.5, 0.6) is 0 Å². The van der Waals surface area contributed by atoms with Gasteiger partial charge in [0.15, 0.2) is 5.78 Å². The molecule has 1 atom stereocenters. The van der Waals surface area contributed by atoms with E-state index < -0.39 is 0 Å². The number of halogens is 1. The first-order valence-corrected chi connectivity index (χ1v) is 5.17. The minimum absolute atomic E-state index is 0.0422. The van der Waals surface area contributed by atoms with Crippen molar-refractivity contribution >= 4 is 33.9 Å². The highest BCUT2D eigenvalue weighted by Crippen LogP contribution is 2.13. The van der Waals surface area contributed by atoms with Crippen molar-refractivity contribution < 1.29 is 4.79 Å². The molecule has 0 saturated carbocycles. The molecule has 0 aliphatic rings. The Labute approximate surface area is 94.1 Å². The van der Waals surface area contributed by atoms with Gasteiger partial charge >= 0.3 is 0 Å². The SMILES string of the molecule is CC(CC(=O)c1ccccc1)C(=S)Cl. The molecule has 0 aliphatic heterocycles. The second-order valence-electron chi connectivity index (χ2n) is 3.20. The van der Waals surface area contributed by atoms with E-state index in [1.54, 1.807) is 12.1 Å². The number of hydrogen-bond acceptors (Lipinski definition) is 2. The molecule has 0 aliphatic carbocycles. The van der Waals surface area contributed by atoms with Gasteiger partial charge < -0.3 is 0 Å². The summed E-state index contributed by atoms with van der Waals surface area (Å²) in [5.74, 6) is 0.0421. The molecule has 0 saturated heterocycles. The number of Topliss-reactive ketones (excluding diaryl/α,β-unsaturated/α-hetero) is 1. The van der Waals surface area contributed by atoms with Gasteiger partial charge in [0.25, 0.3) is 0 Å². The van der Waals surface area contributed by atoms with Crippen LogP contribution in [0.1, 0.15) is 23.7 Å². The van der Waals surface area contributed by atoms with E-state index >= 15 is 0 Å². The van der Waals surface area contributed by atoms with Crippen molar-refractivity contribution in [2.24, 2.45) is 5.92 Å². The molecule has 1 nitrogen and oxygen atoms in total. The lowest BCUT2D eigenvalue weighted by Gasteiger charge is -2.06. The van der Waals surface area contributed by atoms with Gasteiger partial charge in [0.2, 0.25) is 0 Å². The van der Waals surface area contributed by atoms with Crippen LogP contribution >= 0.6 is 23.8 Å². The van der Waals surface area contributed by atoms with Crippen molar-refractivity contribution in [1.29, 1.82) is 0 Å². The normalized spacial score (nSPS) is 12.1. The Morgan fingerprint density at radius 3 is 2.50 bits per heavy atom. The summed E-state index contributed by atoms with van der Waals surface area (Å²) in [6.45, 7) is 1.86. The Hall–Kier alpha value is -0.730. The molecule has 0 fully saturated rings. The van der Waals surface area contributed by atoms with Crippen molar-refractivity contribution in [3.05, 3.63) is 35.9 Å². The summed E-state index contributed by atoms with van der Waals surface area (Å²) in [7, 11) is 0.